The Morgan fingerprint density at radius 2 is 2.26 bits per heavy atom. The second-order valence-corrected chi connectivity index (χ2v) is 5.40. The standard InChI is InChI=1S/C14H18N4O/c1-9-3-2-4-10(7-9)13-17-14(19-18-13)11-5-6-16-12(15)8-11/h5-6,8-10H,2-4,7H2,1H3,(H2,15,16). The summed E-state index contributed by atoms with van der Waals surface area (Å²) in [7, 11) is 0. The predicted octanol–water partition coefficient (Wildman–Crippen LogP) is 3.01. The van der Waals surface area contributed by atoms with E-state index in [1.165, 1.54) is 12.8 Å². The van der Waals surface area contributed by atoms with E-state index in [-0.39, 0.29) is 0 Å². The van der Waals surface area contributed by atoms with Crippen molar-refractivity contribution in [1.29, 1.82) is 0 Å². The number of rotatable bonds is 2. The lowest BCUT2D eigenvalue weighted by molar-refractivity contribution is 0.324. The molecule has 0 bridgehead atoms. The van der Waals surface area contributed by atoms with Crippen LogP contribution < -0.4 is 5.73 Å². The van der Waals surface area contributed by atoms with E-state index < -0.39 is 0 Å². The summed E-state index contributed by atoms with van der Waals surface area (Å²) < 4.78 is 5.35. The lowest BCUT2D eigenvalue weighted by Gasteiger charge is -2.23. The molecule has 0 aliphatic heterocycles. The highest BCUT2D eigenvalue weighted by atomic mass is 16.5. The molecule has 5 heteroatoms. The van der Waals surface area contributed by atoms with Crippen molar-refractivity contribution in [2.45, 2.75) is 38.5 Å². The molecule has 0 amide bonds. The first kappa shape index (κ1) is 12.1. The molecule has 1 aliphatic rings. The Labute approximate surface area is 112 Å². The highest BCUT2D eigenvalue weighted by molar-refractivity contribution is 5.56. The fourth-order valence-corrected chi connectivity index (χ4v) is 2.77. The quantitative estimate of drug-likeness (QED) is 0.895. The number of hydrogen-bond donors (Lipinski definition) is 1. The van der Waals surface area contributed by atoms with Gasteiger partial charge in [-0.3, -0.25) is 0 Å². The summed E-state index contributed by atoms with van der Waals surface area (Å²) in [5.74, 6) is 3.00. The fourth-order valence-electron chi connectivity index (χ4n) is 2.77. The van der Waals surface area contributed by atoms with Crippen LogP contribution in [0.25, 0.3) is 11.5 Å². The highest BCUT2D eigenvalue weighted by Gasteiger charge is 2.24. The molecule has 2 N–H and O–H groups in total. The van der Waals surface area contributed by atoms with Gasteiger partial charge in [0.1, 0.15) is 5.82 Å². The van der Waals surface area contributed by atoms with Gasteiger partial charge in [-0.05, 0) is 30.9 Å². The van der Waals surface area contributed by atoms with Gasteiger partial charge in [-0.1, -0.05) is 24.9 Å². The second kappa shape index (κ2) is 4.99. The second-order valence-electron chi connectivity index (χ2n) is 5.40. The molecule has 1 saturated carbocycles. The number of nitrogens with two attached hydrogens (primary N) is 1. The molecule has 1 fully saturated rings. The molecule has 19 heavy (non-hydrogen) atoms. The Morgan fingerprint density at radius 3 is 3.05 bits per heavy atom. The van der Waals surface area contributed by atoms with Crippen LogP contribution in [-0.4, -0.2) is 15.1 Å². The Kier molecular flexibility index (Phi) is 3.19. The van der Waals surface area contributed by atoms with Crippen molar-refractivity contribution < 1.29 is 4.52 Å². The molecule has 5 nitrogen and oxygen atoms in total. The Morgan fingerprint density at radius 1 is 1.37 bits per heavy atom. The normalized spacial score (nSPS) is 23.4. The van der Waals surface area contributed by atoms with Gasteiger partial charge in [0.2, 0.25) is 0 Å². The van der Waals surface area contributed by atoms with E-state index in [1.807, 2.05) is 6.07 Å². The highest BCUT2D eigenvalue weighted by Crippen LogP contribution is 2.35. The van der Waals surface area contributed by atoms with Gasteiger partial charge in [0, 0.05) is 17.7 Å². The van der Waals surface area contributed by atoms with Crippen molar-refractivity contribution in [2.75, 3.05) is 5.73 Å². The van der Waals surface area contributed by atoms with Crippen molar-refractivity contribution in [3.05, 3.63) is 24.2 Å². The Hall–Kier alpha value is -1.91. The summed E-state index contributed by atoms with van der Waals surface area (Å²) in [6.07, 6.45) is 6.51. The first-order valence-electron chi connectivity index (χ1n) is 6.78. The summed E-state index contributed by atoms with van der Waals surface area (Å²) in [5.41, 5.74) is 6.49. The minimum absolute atomic E-state index is 0.431. The predicted molar refractivity (Wildman–Crippen MR) is 72.3 cm³/mol. The smallest absolute Gasteiger partial charge is 0.258 e. The van der Waals surface area contributed by atoms with Gasteiger partial charge in [0.15, 0.2) is 5.82 Å². The maximum absolute atomic E-state index is 5.66. The average Bonchev–Trinajstić information content (AvgIpc) is 2.88. The summed E-state index contributed by atoms with van der Waals surface area (Å²) >= 11 is 0. The third kappa shape index (κ3) is 2.59. The van der Waals surface area contributed by atoms with Crippen molar-refractivity contribution in [1.82, 2.24) is 15.1 Å². The summed E-state index contributed by atoms with van der Waals surface area (Å²) in [6.45, 7) is 2.29. The van der Waals surface area contributed by atoms with Crippen LogP contribution in [-0.2, 0) is 0 Å². The SMILES string of the molecule is CC1CCCC(c2noc(-c3ccnc(N)c3)n2)C1. The molecule has 0 saturated heterocycles. The maximum atomic E-state index is 5.66. The number of nitrogen functional groups attached to an aromatic ring is 1. The van der Waals surface area contributed by atoms with Gasteiger partial charge in [-0.15, -0.1) is 0 Å². The van der Waals surface area contributed by atoms with Crippen LogP contribution in [0.1, 0.15) is 44.3 Å². The van der Waals surface area contributed by atoms with E-state index in [1.54, 1.807) is 12.3 Å². The molecule has 1 aliphatic carbocycles. The van der Waals surface area contributed by atoms with E-state index in [0.29, 0.717) is 17.6 Å². The third-order valence-electron chi connectivity index (χ3n) is 3.77. The molecule has 2 heterocycles. The van der Waals surface area contributed by atoms with Gasteiger partial charge < -0.3 is 10.3 Å². The molecule has 0 spiro atoms. The number of pyridine rings is 1. The molecular weight excluding hydrogens is 240 g/mol. The minimum atomic E-state index is 0.431. The molecule has 2 aromatic heterocycles. The Bertz CT molecular complexity index is 566. The molecule has 0 radical (unpaired) electrons. The molecular formula is C14H18N4O. The van der Waals surface area contributed by atoms with Crippen LogP contribution in [0, 0.1) is 5.92 Å². The molecule has 2 atom stereocenters. The Balaban J connectivity index is 1.83. The monoisotopic (exact) mass is 258 g/mol. The van der Waals surface area contributed by atoms with E-state index in [2.05, 4.69) is 22.0 Å². The number of aromatic nitrogens is 3. The van der Waals surface area contributed by atoms with Gasteiger partial charge in [-0.2, -0.15) is 4.98 Å². The topological polar surface area (TPSA) is 77.8 Å². The zero-order chi connectivity index (χ0) is 13.2. The molecule has 0 aromatic carbocycles. The lowest BCUT2D eigenvalue weighted by Crippen LogP contribution is -2.12. The average molecular weight is 258 g/mol. The zero-order valence-corrected chi connectivity index (χ0v) is 11.0. The van der Waals surface area contributed by atoms with E-state index in [0.717, 1.165) is 30.1 Å². The van der Waals surface area contributed by atoms with Crippen molar-refractivity contribution >= 4 is 5.82 Å². The molecule has 3 rings (SSSR count). The van der Waals surface area contributed by atoms with Crippen LogP contribution >= 0.6 is 0 Å². The van der Waals surface area contributed by atoms with E-state index >= 15 is 0 Å². The third-order valence-corrected chi connectivity index (χ3v) is 3.77. The minimum Gasteiger partial charge on any atom is -0.384 e. The van der Waals surface area contributed by atoms with Crippen LogP contribution in [0.3, 0.4) is 0 Å². The number of nitrogens with zero attached hydrogens (tertiary/aromatic N) is 3. The summed E-state index contributed by atoms with van der Waals surface area (Å²) in [5, 5.41) is 4.13. The van der Waals surface area contributed by atoms with Gasteiger partial charge in [0.25, 0.3) is 5.89 Å². The largest absolute Gasteiger partial charge is 0.384 e. The fraction of sp³-hybridized carbons (Fsp3) is 0.500. The van der Waals surface area contributed by atoms with Crippen molar-refractivity contribution in [3.63, 3.8) is 0 Å². The van der Waals surface area contributed by atoms with Crippen LogP contribution in [0.4, 0.5) is 5.82 Å². The van der Waals surface area contributed by atoms with Crippen LogP contribution in [0.15, 0.2) is 22.9 Å². The zero-order valence-electron chi connectivity index (χ0n) is 11.0. The number of anilines is 1. The van der Waals surface area contributed by atoms with Gasteiger partial charge >= 0.3 is 0 Å². The molecule has 100 valence electrons. The molecule has 2 aromatic rings. The van der Waals surface area contributed by atoms with Crippen LogP contribution in [0.2, 0.25) is 0 Å². The number of hydrogen-bond acceptors (Lipinski definition) is 5. The van der Waals surface area contributed by atoms with Gasteiger partial charge in [0.05, 0.1) is 0 Å². The summed E-state index contributed by atoms with van der Waals surface area (Å²) in [4.78, 5) is 8.48. The van der Waals surface area contributed by atoms with Crippen LogP contribution in [0.5, 0.6) is 0 Å². The lowest BCUT2D eigenvalue weighted by atomic mass is 9.82. The van der Waals surface area contributed by atoms with Crippen molar-refractivity contribution in [2.24, 2.45) is 5.92 Å². The van der Waals surface area contributed by atoms with Gasteiger partial charge in [-0.25, -0.2) is 4.98 Å². The van der Waals surface area contributed by atoms with E-state index in [4.69, 9.17) is 10.3 Å². The summed E-state index contributed by atoms with van der Waals surface area (Å²) in [6, 6.07) is 3.58. The molecule has 2 unspecified atom stereocenters. The first-order valence-corrected chi connectivity index (χ1v) is 6.78. The van der Waals surface area contributed by atoms with E-state index in [9.17, 15) is 0 Å². The van der Waals surface area contributed by atoms with Crippen molar-refractivity contribution in [3.8, 4) is 11.5 Å². The maximum Gasteiger partial charge on any atom is 0.258 e. The first-order chi connectivity index (χ1) is 9.22.